The predicted molar refractivity (Wildman–Crippen MR) is 82.2 cm³/mol. The van der Waals surface area contributed by atoms with Gasteiger partial charge < -0.3 is 9.84 Å². The van der Waals surface area contributed by atoms with Crippen molar-refractivity contribution in [3.8, 4) is 0 Å². The zero-order valence-electron chi connectivity index (χ0n) is 13.5. The third-order valence-electron chi connectivity index (χ3n) is 5.82. The first-order valence-electron chi connectivity index (χ1n) is 8.63. The molecule has 0 aromatic heterocycles. The number of rotatable bonds is 5. The van der Waals surface area contributed by atoms with Crippen LogP contribution in [0.1, 0.15) is 58.8 Å². The van der Waals surface area contributed by atoms with Crippen molar-refractivity contribution in [1.29, 1.82) is 0 Å². The maximum atomic E-state index is 12.5. The van der Waals surface area contributed by atoms with Crippen LogP contribution < -0.4 is 0 Å². The van der Waals surface area contributed by atoms with Gasteiger partial charge in [-0.05, 0) is 69.1 Å². The Morgan fingerprint density at radius 2 is 1.68 bits per heavy atom. The van der Waals surface area contributed by atoms with Gasteiger partial charge in [0.25, 0.3) is 0 Å². The van der Waals surface area contributed by atoms with Gasteiger partial charge in [-0.3, -0.25) is 4.79 Å². The standard InChI is InChI=1S/C18H26O4/c1-3-10(2)22-18(21)15(9-16(19)20)17-13-5-11-4-12(7-13)8-14(17)6-11/h10-14H,3-9H2,1-2H3,(H,19,20). The lowest BCUT2D eigenvalue weighted by atomic mass is 9.53. The van der Waals surface area contributed by atoms with Crippen LogP contribution in [0.25, 0.3) is 0 Å². The van der Waals surface area contributed by atoms with Gasteiger partial charge in [0, 0.05) is 5.57 Å². The SMILES string of the molecule is CCC(C)OC(=O)C(CC(=O)O)=C1C2CC3CC(C2)CC1C3. The molecule has 0 aliphatic heterocycles. The lowest BCUT2D eigenvalue weighted by Gasteiger charge is -2.52. The zero-order chi connectivity index (χ0) is 15.9. The number of hydrogen-bond acceptors (Lipinski definition) is 3. The van der Waals surface area contributed by atoms with E-state index in [-0.39, 0.29) is 18.5 Å². The number of esters is 1. The number of allylic oxidation sites excluding steroid dienone is 1. The lowest BCUT2D eigenvalue weighted by Crippen LogP contribution is -2.41. The second-order valence-electron chi connectivity index (χ2n) is 7.43. The quantitative estimate of drug-likeness (QED) is 0.623. The molecule has 0 aromatic rings. The van der Waals surface area contributed by atoms with E-state index < -0.39 is 5.97 Å². The van der Waals surface area contributed by atoms with E-state index in [1.807, 2.05) is 13.8 Å². The fraction of sp³-hybridized carbons (Fsp3) is 0.778. The van der Waals surface area contributed by atoms with Crippen LogP contribution in [-0.2, 0) is 14.3 Å². The minimum Gasteiger partial charge on any atom is -0.481 e. The first-order valence-corrected chi connectivity index (χ1v) is 8.63. The number of aliphatic carboxylic acids is 1. The molecule has 4 heteroatoms. The molecule has 4 fully saturated rings. The fourth-order valence-corrected chi connectivity index (χ4v) is 4.97. The van der Waals surface area contributed by atoms with E-state index >= 15 is 0 Å². The Kier molecular flexibility index (Phi) is 4.28. The van der Waals surface area contributed by atoms with E-state index in [0.717, 1.165) is 49.5 Å². The second kappa shape index (κ2) is 6.05. The van der Waals surface area contributed by atoms with Crippen LogP contribution in [-0.4, -0.2) is 23.1 Å². The van der Waals surface area contributed by atoms with Crippen LogP contribution in [0.5, 0.6) is 0 Å². The van der Waals surface area contributed by atoms with Crippen LogP contribution in [0.4, 0.5) is 0 Å². The molecule has 122 valence electrons. The topological polar surface area (TPSA) is 63.6 Å². The van der Waals surface area contributed by atoms with Crippen molar-refractivity contribution in [1.82, 2.24) is 0 Å². The van der Waals surface area contributed by atoms with Crippen molar-refractivity contribution in [3.05, 3.63) is 11.1 Å². The molecule has 0 heterocycles. The Bertz CT molecular complexity index is 475. The fourth-order valence-electron chi connectivity index (χ4n) is 4.97. The maximum Gasteiger partial charge on any atom is 0.334 e. The molecular formula is C18H26O4. The summed E-state index contributed by atoms with van der Waals surface area (Å²) in [5.74, 6) is 1.12. The summed E-state index contributed by atoms with van der Waals surface area (Å²) in [5, 5.41) is 9.24. The first-order chi connectivity index (χ1) is 10.5. The van der Waals surface area contributed by atoms with Crippen LogP contribution in [0.2, 0.25) is 0 Å². The van der Waals surface area contributed by atoms with Crippen molar-refractivity contribution in [2.45, 2.75) is 64.9 Å². The molecule has 1 N–H and O–H groups in total. The van der Waals surface area contributed by atoms with E-state index in [4.69, 9.17) is 4.74 Å². The summed E-state index contributed by atoms with van der Waals surface area (Å²) in [6, 6.07) is 0. The predicted octanol–water partition coefficient (Wildman–Crippen LogP) is 3.56. The third-order valence-corrected chi connectivity index (χ3v) is 5.82. The Morgan fingerprint density at radius 3 is 2.14 bits per heavy atom. The van der Waals surface area contributed by atoms with E-state index in [9.17, 15) is 14.7 Å². The van der Waals surface area contributed by atoms with Crippen LogP contribution in [0.15, 0.2) is 11.1 Å². The highest BCUT2D eigenvalue weighted by Crippen LogP contribution is 2.57. The van der Waals surface area contributed by atoms with Gasteiger partial charge in [-0.15, -0.1) is 0 Å². The van der Waals surface area contributed by atoms with Gasteiger partial charge in [0.2, 0.25) is 0 Å². The molecule has 0 spiro atoms. The van der Waals surface area contributed by atoms with Gasteiger partial charge in [-0.2, -0.15) is 0 Å². The van der Waals surface area contributed by atoms with Crippen LogP contribution >= 0.6 is 0 Å². The van der Waals surface area contributed by atoms with Gasteiger partial charge in [-0.1, -0.05) is 12.5 Å². The summed E-state index contributed by atoms with van der Waals surface area (Å²) in [4.78, 5) is 23.8. The van der Waals surface area contributed by atoms with Crippen molar-refractivity contribution < 1.29 is 19.4 Å². The molecule has 1 atom stereocenters. The number of carbonyl (C=O) groups excluding carboxylic acids is 1. The summed E-state index contributed by atoms with van der Waals surface area (Å²) < 4.78 is 5.46. The highest BCUT2D eigenvalue weighted by atomic mass is 16.5. The summed E-state index contributed by atoms with van der Waals surface area (Å²) >= 11 is 0. The lowest BCUT2D eigenvalue weighted by molar-refractivity contribution is -0.146. The van der Waals surface area contributed by atoms with Gasteiger partial charge >= 0.3 is 11.9 Å². The average molecular weight is 306 g/mol. The molecular weight excluding hydrogens is 280 g/mol. The molecule has 4 rings (SSSR count). The van der Waals surface area contributed by atoms with Crippen molar-refractivity contribution in [2.75, 3.05) is 0 Å². The molecule has 4 nitrogen and oxygen atoms in total. The smallest absolute Gasteiger partial charge is 0.334 e. The normalized spacial score (nSPS) is 33.6. The summed E-state index contributed by atoms with van der Waals surface area (Å²) in [5.41, 5.74) is 1.60. The third kappa shape index (κ3) is 2.92. The number of carboxylic acid groups (broad SMARTS) is 1. The van der Waals surface area contributed by atoms with Gasteiger partial charge in [0.05, 0.1) is 12.5 Å². The number of ether oxygens (including phenoxy) is 1. The van der Waals surface area contributed by atoms with E-state index in [1.54, 1.807) is 0 Å². The Morgan fingerprint density at radius 1 is 1.14 bits per heavy atom. The Balaban J connectivity index is 1.90. The summed E-state index contributed by atoms with van der Waals surface area (Å²) in [6.45, 7) is 3.82. The van der Waals surface area contributed by atoms with Crippen LogP contribution in [0.3, 0.4) is 0 Å². The first kappa shape index (κ1) is 15.6. The largest absolute Gasteiger partial charge is 0.481 e. The second-order valence-corrected chi connectivity index (χ2v) is 7.43. The molecule has 22 heavy (non-hydrogen) atoms. The number of hydrogen-bond donors (Lipinski definition) is 1. The van der Waals surface area contributed by atoms with E-state index in [0.29, 0.717) is 17.4 Å². The zero-order valence-corrected chi connectivity index (χ0v) is 13.5. The van der Waals surface area contributed by atoms with Gasteiger partial charge in [-0.25, -0.2) is 4.79 Å². The molecule has 4 aliphatic rings. The molecule has 4 aliphatic carbocycles. The van der Waals surface area contributed by atoms with E-state index in [1.165, 1.54) is 6.42 Å². The molecule has 1 unspecified atom stereocenters. The van der Waals surface area contributed by atoms with Crippen molar-refractivity contribution in [2.24, 2.45) is 23.7 Å². The molecule has 0 saturated heterocycles. The highest BCUT2D eigenvalue weighted by Gasteiger charge is 2.47. The van der Waals surface area contributed by atoms with Crippen molar-refractivity contribution in [3.63, 3.8) is 0 Å². The van der Waals surface area contributed by atoms with Crippen molar-refractivity contribution >= 4 is 11.9 Å². The van der Waals surface area contributed by atoms with Crippen LogP contribution in [0, 0.1) is 23.7 Å². The monoisotopic (exact) mass is 306 g/mol. The summed E-state index contributed by atoms with van der Waals surface area (Å²) in [6.07, 6.45) is 6.31. The molecule has 4 bridgehead atoms. The maximum absolute atomic E-state index is 12.5. The minimum atomic E-state index is -0.933. The van der Waals surface area contributed by atoms with E-state index in [2.05, 4.69) is 0 Å². The molecule has 0 amide bonds. The molecule has 4 saturated carbocycles. The molecule has 0 radical (unpaired) electrons. The summed E-state index contributed by atoms with van der Waals surface area (Å²) in [7, 11) is 0. The number of carbonyl (C=O) groups is 2. The molecule has 0 aromatic carbocycles. The number of carboxylic acids is 1. The minimum absolute atomic E-state index is 0.159. The highest BCUT2D eigenvalue weighted by molar-refractivity contribution is 5.94. The van der Waals surface area contributed by atoms with Gasteiger partial charge in [0.15, 0.2) is 0 Å². The Labute approximate surface area is 131 Å². The average Bonchev–Trinajstić information content (AvgIpc) is 2.44. The van der Waals surface area contributed by atoms with Gasteiger partial charge in [0.1, 0.15) is 0 Å². The Hall–Kier alpha value is -1.32.